The molecule has 21 heavy (non-hydrogen) atoms. The van der Waals surface area contributed by atoms with Gasteiger partial charge in [0.2, 0.25) is 0 Å². The van der Waals surface area contributed by atoms with Crippen molar-refractivity contribution in [3.63, 3.8) is 0 Å². The number of hydrogen-bond donors (Lipinski definition) is 1. The molecule has 4 nitrogen and oxygen atoms in total. The summed E-state index contributed by atoms with van der Waals surface area (Å²) in [5.41, 5.74) is -0.00578. The van der Waals surface area contributed by atoms with Gasteiger partial charge in [-0.1, -0.05) is 0 Å². The van der Waals surface area contributed by atoms with E-state index in [0.29, 0.717) is 11.6 Å². The molecule has 0 saturated heterocycles. The van der Waals surface area contributed by atoms with Crippen LogP contribution in [0.3, 0.4) is 0 Å². The van der Waals surface area contributed by atoms with Gasteiger partial charge in [0.25, 0.3) is 0 Å². The molecule has 0 aromatic heterocycles. The van der Waals surface area contributed by atoms with Gasteiger partial charge < -0.3 is 9.80 Å². The molecular formula is C17H34N4. The molecule has 4 heteroatoms. The summed E-state index contributed by atoms with van der Waals surface area (Å²) in [5.74, 6) is 0. The Hall–Kier alpha value is -0.630. The van der Waals surface area contributed by atoms with Crippen molar-refractivity contribution in [3.8, 4) is 6.07 Å². The molecule has 1 rings (SSSR count). The molecule has 0 heterocycles. The Morgan fingerprint density at radius 3 is 2.29 bits per heavy atom. The van der Waals surface area contributed by atoms with Gasteiger partial charge in [0, 0.05) is 18.1 Å². The molecule has 1 fully saturated rings. The van der Waals surface area contributed by atoms with E-state index in [1.165, 1.54) is 19.3 Å². The van der Waals surface area contributed by atoms with Crippen molar-refractivity contribution in [2.75, 3.05) is 34.2 Å². The van der Waals surface area contributed by atoms with Gasteiger partial charge in [0.15, 0.2) is 0 Å². The normalized spacial score (nSPS) is 20.4. The standard InChI is InChI=1S/C17H34N4/c1-15(2)19-16(3,13-18)9-8-12-21(6)14-17(20(4)5)10-7-11-17/h15,19H,7-12,14H2,1-6H3. The van der Waals surface area contributed by atoms with Crippen LogP contribution in [-0.4, -0.2) is 61.2 Å². The minimum Gasteiger partial charge on any atom is -0.305 e. The second-order valence-corrected chi connectivity index (χ2v) is 7.56. The summed E-state index contributed by atoms with van der Waals surface area (Å²) >= 11 is 0. The first-order chi connectivity index (χ1) is 9.73. The fourth-order valence-corrected chi connectivity index (χ4v) is 3.41. The van der Waals surface area contributed by atoms with Crippen LogP contribution in [-0.2, 0) is 0 Å². The van der Waals surface area contributed by atoms with Gasteiger partial charge >= 0.3 is 0 Å². The lowest BCUT2D eigenvalue weighted by atomic mass is 9.75. The van der Waals surface area contributed by atoms with Gasteiger partial charge in [0.05, 0.1) is 6.07 Å². The molecule has 1 N–H and O–H groups in total. The van der Waals surface area contributed by atoms with Crippen molar-refractivity contribution in [3.05, 3.63) is 0 Å². The molecule has 0 bridgehead atoms. The number of rotatable bonds is 9. The predicted octanol–water partition coefficient (Wildman–Crippen LogP) is 2.46. The third-order valence-electron chi connectivity index (χ3n) is 4.87. The Bertz CT molecular complexity index is 354. The van der Waals surface area contributed by atoms with Crippen molar-refractivity contribution in [2.45, 2.75) is 70.0 Å². The Morgan fingerprint density at radius 1 is 1.29 bits per heavy atom. The van der Waals surface area contributed by atoms with Crippen LogP contribution in [0.15, 0.2) is 0 Å². The van der Waals surface area contributed by atoms with Crippen LogP contribution in [0.25, 0.3) is 0 Å². The molecule has 1 atom stereocenters. The first-order valence-corrected chi connectivity index (χ1v) is 8.28. The smallest absolute Gasteiger partial charge is 0.104 e. The third kappa shape index (κ3) is 5.25. The zero-order chi connectivity index (χ0) is 16.1. The van der Waals surface area contributed by atoms with E-state index in [2.05, 4.69) is 56.2 Å². The van der Waals surface area contributed by atoms with Crippen molar-refractivity contribution in [1.29, 1.82) is 5.26 Å². The van der Waals surface area contributed by atoms with Crippen LogP contribution >= 0.6 is 0 Å². The van der Waals surface area contributed by atoms with Crippen molar-refractivity contribution in [2.24, 2.45) is 0 Å². The number of nitrogens with zero attached hydrogens (tertiary/aromatic N) is 3. The summed E-state index contributed by atoms with van der Waals surface area (Å²) in [6.07, 6.45) is 5.95. The zero-order valence-electron chi connectivity index (χ0n) is 14.9. The summed E-state index contributed by atoms with van der Waals surface area (Å²) < 4.78 is 0. The maximum absolute atomic E-state index is 9.37. The van der Waals surface area contributed by atoms with Gasteiger partial charge in [-0.05, 0) is 80.6 Å². The second-order valence-electron chi connectivity index (χ2n) is 7.56. The average Bonchev–Trinajstić information content (AvgIpc) is 2.32. The first-order valence-electron chi connectivity index (χ1n) is 8.28. The summed E-state index contributed by atoms with van der Waals surface area (Å²) in [7, 11) is 6.61. The van der Waals surface area contributed by atoms with E-state index >= 15 is 0 Å². The van der Waals surface area contributed by atoms with Crippen molar-refractivity contribution in [1.82, 2.24) is 15.1 Å². The monoisotopic (exact) mass is 294 g/mol. The summed E-state index contributed by atoms with van der Waals surface area (Å²) in [5, 5.41) is 12.8. The van der Waals surface area contributed by atoms with Crippen LogP contribution in [0.4, 0.5) is 0 Å². The van der Waals surface area contributed by atoms with E-state index in [1.807, 2.05) is 6.92 Å². The molecule has 0 radical (unpaired) electrons. The fourth-order valence-electron chi connectivity index (χ4n) is 3.41. The van der Waals surface area contributed by atoms with E-state index in [4.69, 9.17) is 0 Å². The molecule has 1 aliphatic rings. The highest BCUT2D eigenvalue weighted by Gasteiger charge is 2.39. The maximum atomic E-state index is 9.37. The maximum Gasteiger partial charge on any atom is 0.104 e. The van der Waals surface area contributed by atoms with Crippen LogP contribution in [0.1, 0.15) is 52.9 Å². The van der Waals surface area contributed by atoms with Gasteiger partial charge in [0.1, 0.15) is 5.54 Å². The average molecular weight is 294 g/mol. The van der Waals surface area contributed by atoms with Gasteiger partial charge in [-0.3, -0.25) is 5.32 Å². The van der Waals surface area contributed by atoms with E-state index < -0.39 is 5.54 Å². The van der Waals surface area contributed by atoms with Crippen molar-refractivity contribution >= 4 is 0 Å². The molecular weight excluding hydrogens is 260 g/mol. The van der Waals surface area contributed by atoms with E-state index in [0.717, 1.165) is 25.9 Å². The topological polar surface area (TPSA) is 42.3 Å². The van der Waals surface area contributed by atoms with Gasteiger partial charge in [-0.15, -0.1) is 0 Å². The Balaban J connectivity index is 2.36. The van der Waals surface area contributed by atoms with E-state index in [9.17, 15) is 5.26 Å². The Kier molecular flexibility index (Phi) is 6.65. The molecule has 0 spiro atoms. The quantitative estimate of drug-likeness (QED) is 0.709. The van der Waals surface area contributed by atoms with Gasteiger partial charge in [-0.25, -0.2) is 0 Å². The van der Waals surface area contributed by atoms with Crippen LogP contribution in [0.2, 0.25) is 0 Å². The van der Waals surface area contributed by atoms with Crippen LogP contribution in [0.5, 0.6) is 0 Å². The lowest BCUT2D eigenvalue weighted by molar-refractivity contribution is 0.0272. The molecule has 122 valence electrons. The molecule has 0 aromatic carbocycles. The fraction of sp³-hybridized carbons (Fsp3) is 0.941. The summed E-state index contributed by atoms with van der Waals surface area (Å²) in [6.45, 7) is 8.41. The highest BCUT2D eigenvalue weighted by atomic mass is 15.2. The SMILES string of the molecule is CC(C)NC(C)(C#N)CCCN(C)CC1(N(C)C)CCC1. The predicted molar refractivity (Wildman–Crippen MR) is 89.3 cm³/mol. The largest absolute Gasteiger partial charge is 0.305 e. The molecule has 0 amide bonds. The molecule has 1 saturated carbocycles. The summed E-state index contributed by atoms with van der Waals surface area (Å²) in [4.78, 5) is 4.83. The second kappa shape index (κ2) is 7.58. The lowest BCUT2D eigenvalue weighted by Gasteiger charge is -2.49. The number of nitrogens with one attached hydrogen (secondary N) is 1. The first kappa shape index (κ1) is 18.4. The molecule has 0 aliphatic heterocycles. The molecule has 1 unspecified atom stereocenters. The number of hydrogen-bond acceptors (Lipinski definition) is 4. The van der Waals surface area contributed by atoms with E-state index in [1.54, 1.807) is 0 Å². The van der Waals surface area contributed by atoms with Crippen molar-refractivity contribution < 1.29 is 0 Å². The van der Waals surface area contributed by atoms with Gasteiger partial charge in [-0.2, -0.15) is 5.26 Å². The highest BCUT2D eigenvalue weighted by Crippen LogP contribution is 2.36. The molecule has 1 aliphatic carbocycles. The van der Waals surface area contributed by atoms with E-state index in [-0.39, 0.29) is 0 Å². The Labute approximate surface area is 131 Å². The lowest BCUT2D eigenvalue weighted by Crippen LogP contribution is -2.56. The third-order valence-corrected chi connectivity index (χ3v) is 4.87. The summed E-state index contributed by atoms with van der Waals surface area (Å²) in [6, 6.07) is 2.78. The molecule has 0 aromatic rings. The Morgan fingerprint density at radius 2 is 1.90 bits per heavy atom. The minimum absolute atomic E-state index is 0.347. The number of nitriles is 1. The minimum atomic E-state index is -0.398. The van der Waals surface area contributed by atoms with Crippen LogP contribution < -0.4 is 5.32 Å². The number of likely N-dealkylation sites (N-methyl/N-ethyl adjacent to an activating group) is 2. The zero-order valence-corrected chi connectivity index (χ0v) is 14.9. The van der Waals surface area contributed by atoms with Crippen LogP contribution in [0, 0.1) is 11.3 Å². The highest BCUT2D eigenvalue weighted by molar-refractivity contribution is 5.04.